The number of halogens is 3. The Hall–Kier alpha value is -5.18. The topological polar surface area (TPSA) is 107 Å². The van der Waals surface area contributed by atoms with Crippen LogP contribution in [0.3, 0.4) is 0 Å². The summed E-state index contributed by atoms with van der Waals surface area (Å²) in [4.78, 5) is 20.5. The lowest BCUT2D eigenvalue weighted by Crippen LogP contribution is -2.61. The summed E-state index contributed by atoms with van der Waals surface area (Å²) in [6, 6.07) is 22.5. The van der Waals surface area contributed by atoms with Crippen molar-refractivity contribution in [1.82, 2.24) is 19.9 Å². The maximum absolute atomic E-state index is 16.2. The Kier molecular flexibility index (Phi) is 9.09. The SMILES string of the molecule is O=[S-](=[NH+]c1cccc(-c2nc(-c3ccccc3)sc2-c2ccnc(Nc3ccc(N4CCOCC4)nc3)n2)c1F)c1c(F)cccc1F. The molecular formula is C34H26F3N7O2S2. The lowest BCUT2D eigenvalue weighted by Gasteiger charge is -2.27. The minimum absolute atomic E-state index is 0.0791. The fraction of sp³-hybridized carbons (Fsp3) is 0.118. The fourth-order valence-electron chi connectivity index (χ4n) is 5.10. The van der Waals surface area contributed by atoms with Crippen molar-refractivity contribution in [3.05, 3.63) is 115 Å². The number of nitrogens with zero attached hydrogens (tertiary/aromatic N) is 5. The Morgan fingerprint density at radius 2 is 1.62 bits per heavy atom. The third kappa shape index (κ3) is 6.63. The van der Waals surface area contributed by atoms with Crippen molar-refractivity contribution < 1.29 is 26.5 Å². The molecule has 48 heavy (non-hydrogen) atoms. The van der Waals surface area contributed by atoms with Crippen molar-refractivity contribution in [3.63, 3.8) is 0 Å². The summed E-state index contributed by atoms with van der Waals surface area (Å²) in [6.07, 6.45) is 3.30. The lowest BCUT2D eigenvalue weighted by molar-refractivity contribution is -0.326. The molecule has 0 unspecified atom stereocenters. The first-order valence-electron chi connectivity index (χ1n) is 14.8. The van der Waals surface area contributed by atoms with E-state index in [4.69, 9.17) is 14.7 Å². The Morgan fingerprint density at radius 1 is 0.854 bits per heavy atom. The maximum Gasteiger partial charge on any atom is 0.227 e. The summed E-state index contributed by atoms with van der Waals surface area (Å²) in [5, 5.41) is 3.80. The van der Waals surface area contributed by atoms with Crippen LogP contribution in [-0.4, -0.2) is 46.2 Å². The van der Waals surface area contributed by atoms with Crippen molar-refractivity contribution in [2.45, 2.75) is 4.90 Å². The van der Waals surface area contributed by atoms with E-state index < -0.39 is 32.9 Å². The molecule has 2 N–H and O–H groups in total. The number of aromatic nitrogens is 4. The van der Waals surface area contributed by atoms with Crippen molar-refractivity contribution in [1.29, 1.82) is 0 Å². The number of nitrogens with one attached hydrogen (secondary N) is 2. The first-order valence-corrected chi connectivity index (χ1v) is 16.8. The Balaban J connectivity index is 1.25. The summed E-state index contributed by atoms with van der Waals surface area (Å²) >= 11 is 1.32. The van der Waals surface area contributed by atoms with Gasteiger partial charge in [-0.05, 0) is 36.4 Å². The van der Waals surface area contributed by atoms with E-state index in [1.807, 2.05) is 42.5 Å². The van der Waals surface area contributed by atoms with E-state index in [0.717, 1.165) is 42.7 Å². The molecule has 0 spiro atoms. The van der Waals surface area contributed by atoms with Crippen LogP contribution in [0.5, 0.6) is 0 Å². The van der Waals surface area contributed by atoms with Crippen molar-refractivity contribution in [2.75, 3.05) is 36.5 Å². The largest absolute Gasteiger partial charge is 0.395 e. The smallest absolute Gasteiger partial charge is 0.227 e. The number of rotatable bonds is 8. The van der Waals surface area contributed by atoms with Crippen LogP contribution in [0, 0.1) is 17.5 Å². The van der Waals surface area contributed by atoms with Crippen LogP contribution in [0.1, 0.15) is 0 Å². The second-order valence-electron chi connectivity index (χ2n) is 10.5. The number of anilines is 3. The summed E-state index contributed by atoms with van der Waals surface area (Å²) < 4.78 is 65.6. The minimum Gasteiger partial charge on any atom is -0.395 e. The molecule has 1 aliphatic heterocycles. The predicted molar refractivity (Wildman–Crippen MR) is 178 cm³/mol. The van der Waals surface area contributed by atoms with Crippen LogP contribution in [0.4, 0.5) is 36.3 Å². The summed E-state index contributed by atoms with van der Waals surface area (Å²) in [7, 11) is -2.42. The van der Waals surface area contributed by atoms with Gasteiger partial charge in [-0.25, -0.2) is 28.7 Å². The highest BCUT2D eigenvalue weighted by Crippen LogP contribution is 2.41. The zero-order valence-electron chi connectivity index (χ0n) is 25.1. The Labute approximate surface area is 279 Å². The highest BCUT2D eigenvalue weighted by atomic mass is 32.2. The van der Waals surface area contributed by atoms with Gasteiger partial charge in [0.2, 0.25) is 17.5 Å². The molecule has 0 amide bonds. The van der Waals surface area contributed by atoms with Crippen molar-refractivity contribution >= 4 is 45.1 Å². The molecule has 0 bridgehead atoms. The molecule has 3 aromatic carbocycles. The number of pyridine rings is 1. The van der Waals surface area contributed by atoms with Crippen LogP contribution in [0.2, 0.25) is 0 Å². The first kappa shape index (κ1) is 31.4. The van der Waals surface area contributed by atoms with Gasteiger partial charge >= 0.3 is 0 Å². The molecule has 0 aliphatic carbocycles. The predicted octanol–water partition coefficient (Wildman–Crippen LogP) is 6.25. The Morgan fingerprint density at radius 3 is 2.38 bits per heavy atom. The number of ether oxygens (including phenoxy) is 1. The van der Waals surface area contributed by atoms with Gasteiger partial charge in [0.05, 0.1) is 41.4 Å². The molecule has 3 aromatic heterocycles. The molecule has 0 atom stereocenters. The van der Waals surface area contributed by atoms with Crippen molar-refractivity contribution in [3.8, 4) is 32.4 Å². The monoisotopic (exact) mass is 685 g/mol. The molecule has 14 heteroatoms. The fourth-order valence-corrected chi connectivity index (χ4v) is 7.10. The molecule has 242 valence electrons. The highest BCUT2D eigenvalue weighted by molar-refractivity contribution is 7.72. The zero-order valence-corrected chi connectivity index (χ0v) is 26.7. The van der Waals surface area contributed by atoms with E-state index in [-0.39, 0.29) is 16.9 Å². The molecule has 0 radical (unpaired) electrons. The molecule has 4 heterocycles. The van der Waals surface area contributed by atoms with E-state index in [1.165, 1.54) is 23.5 Å². The molecule has 1 aliphatic rings. The number of hydrogen-bond acceptors (Lipinski definition) is 10. The standard InChI is InChI=1S/C34H26F3N7O2S2/c35-24-9-5-10-25(36)32(24)48(45)43-26-11-4-8-23(29(26)37)30-31(47-33(42-30)21-6-2-1-3-7-21)27-14-15-38-34(41-27)40-22-12-13-28(39-20-22)44-16-18-46-19-17-44/h1-15,20,43H,16-19H2,(H,38,40,41). The quantitative estimate of drug-likeness (QED) is 0.181. The summed E-state index contributed by atoms with van der Waals surface area (Å²) in [5.74, 6) is -1.67. The van der Waals surface area contributed by atoms with Gasteiger partial charge < -0.3 is 19.2 Å². The van der Waals surface area contributed by atoms with Gasteiger partial charge in [0.25, 0.3) is 0 Å². The number of morpholine rings is 1. The zero-order chi connectivity index (χ0) is 33.0. The van der Waals surface area contributed by atoms with Crippen LogP contribution < -0.4 is 14.6 Å². The van der Waals surface area contributed by atoms with Gasteiger partial charge in [-0.1, -0.05) is 42.5 Å². The number of thiazole rings is 1. The van der Waals surface area contributed by atoms with E-state index in [0.29, 0.717) is 40.4 Å². The highest BCUT2D eigenvalue weighted by Gasteiger charge is 2.23. The van der Waals surface area contributed by atoms with Gasteiger partial charge in [0.1, 0.15) is 22.5 Å². The second kappa shape index (κ2) is 13.9. The van der Waals surface area contributed by atoms with Gasteiger partial charge in [-0.2, -0.15) is 4.39 Å². The molecule has 6 aromatic rings. The van der Waals surface area contributed by atoms with E-state index in [2.05, 4.69) is 24.5 Å². The van der Waals surface area contributed by atoms with Gasteiger partial charge in [0.15, 0.2) is 0 Å². The average Bonchev–Trinajstić information content (AvgIpc) is 3.56. The minimum atomic E-state index is -2.42. The molecule has 1 fully saturated rings. The molecule has 0 saturated carbocycles. The molecular weight excluding hydrogens is 660 g/mol. The van der Waals surface area contributed by atoms with Gasteiger partial charge in [-0.15, -0.1) is 11.3 Å². The van der Waals surface area contributed by atoms with Crippen LogP contribution in [0.25, 0.3) is 32.4 Å². The van der Waals surface area contributed by atoms with Crippen LogP contribution >= 0.6 is 11.3 Å². The van der Waals surface area contributed by atoms with E-state index >= 15 is 4.39 Å². The van der Waals surface area contributed by atoms with Crippen LogP contribution in [-0.2, 0) is 19.5 Å². The van der Waals surface area contributed by atoms with Gasteiger partial charge in [0, 0.05) is 52.0 Å². The van der Waals surface area contributed by atoms with E-state index in [1.54, 1.807) is 24.5 Å². The Bertz CT molecular complexity index is 2150. The average molecular weight is 686 g/mol. The summed E-state index contributed by atoms with van der Waals surface area (Å²) in [5.41, 5.74) is 2.13. The first-order chi connectivity index (χ1) is 23.4. The number of hydrogen-bond donors (Lipinski definition) is 2. The van der Waals surface area contributed by atoms with Crippen molar-refractivity contribution in [2.24, 2.45) is 0 Å². The van der Waals surface area contributed by atoms with E-state index in [9.17, 15) is 13.0 Å². The molecule has 7 rings (SSSR count). The summed E-state index contributed by atoms with van der Waals surface area (Å²) in [6.45, 7) is 2.86. The number of benzene rings is 3. The normalized spacial score (nSPS) is 13.9. The lowest BCUT2D eigenvalue weighted by atomic mass is 10.1. The third-order valence-corrected chi connectivity index (χ3v) is 9.73. The molecule has 9 nitrogen and oxygen atoms in total. The maximum atomic E-state index is 16.2. The third-order valence-electron chi connectivity index (χ3n) is 7.44. The van der Waals surface area contributed by atoms with Crippen LogP contribution in [0.15, 0.2) is 102 Å². The van der Waals surface area contributed by atoms with Gasteiger partial charge in [-0.3, -0.25) is 4.36 Å². The second-order valence-corrected chi connectivity index (χ2v) is 12.7. The molecule has 1 saturated heterocycles.